The molecule has 0 radical (unpaired) electrons. The van der Waals surface area contributed by atoms with Crippen LogP contribution >= 0.6 is 11.3 Å². The number of hydrazine groups is 1. The molecule has 3 N–H and O–H groups in total. The summed E-state index contributed by atoms with van der Waals surface area (Å²) < 4.78 is 28.0. The molecule has 3 rings (SSSR count). The van der Waals surface area contributed by atoms with Crippen molar-refractivity contribution in [2.24, 2.45) is 5.84 Å². The third-order valence-corrected chi connectivity index (χ3v) is 4.35. The molecule has 5 heteroatoms. The van der Waals surface area contributed by atoms with Gasteiger partial charge in [0.05, 0.1) is 6.04 Å². The quantitative estimate of drug-likeness (QED) is 0.570. The summed E-state index contributed by atoms with van der Waals surface area (Å²) in [5.74, 6) is 4.97. The fourth-order valence-electron chi connectivity index (χ4n) is 2.21. The highest BCUT2D eigenvalue weighted by atomic mass is 32.1. The lowest BCUT2D eigenvalue weighted by molar-refractivity contribution is 0.564. The van der Waals surface area contributed by atoms with E-state index in [0.29, 0.717) is 5.56 Å². The summed E-state index contributed by atoms with van der Waals surface area (Å²) in [6, 6.07) is 12.4. The second kappa shape index (κ2) is 5.28. The number of halogens is 2. The molecule has 0 saturated carbocycles. The zero-order chi connectivity index (χ0) is 14.1. The Bertz CT molecular complexity index is 754. The van der Waals surface area contributed by atoms with Crippen LogP contribution < -0.4 is 11.3 Å². The lowest BCUT2D eigenvalue weighted by Gasteiger charge is -2.15. The number of rotatable bonds is 3. The average Bonchev–Trinajstić information content (AvgIpc) is 2.84. The first-order valence-electron chi connectivity index (χ1n) is 6.08. The van der Waals surface area contributed by atoms with Gasteiger partial charge in [0.1, 0.15) is 11.6 Å². The van der Waals surface area contributed by atoms with Crippen LogP contribution in [-0.4, -0.2) is 0 Å². The summed E-state index contributed by atoms with van der Waals surface area (Å²) in [5, 5.41) is 0.793. The van der Waals surface area contributed by atoms with Crippen molar-refractivity contribution in [1.29, 1.82) is 0 Å². The molecular weight excluding hydrogens is 278 g/mol. The van der Waals surface area contributed by atoms with Crippen molar-refractivity contribution in [3.63, 3.8) is 0 Å². The van der Waals surface area contributed by atoms with Gasteiger partial charge in [0.2, 0.25) is 0 Å². The maximum atomic E-state index is 13.9. The maximum absolute atomic E-state index is 13.9. The van der Waals surface area contributed by atoms with Gasteiger partial charge in [-0.1, -0.05) is 18.2 Å². The van der Waals surface area contributed by atoms with Gasteiger partial charge in [-0.15, -0.1) is 11.3 Å². The van der Waals surface area contributed by atoms with Crippen LogP contribution in [0, 0.1) is 11.6 Å². The molecule has 0 bridgehead atoms. The molecule has 102 valence electrons. The molecule has 20 heavy (non-hydrogen) atoms. The minimum atomic E-state index is -0.448. The molecule has 1 unspecified atom stereocenters. The van der Waals surface area contributed by atoms with Crippen LogP contribution in [0.3, 0.4) is 0 Å². The monoisotopic (exact) mass is 290 g/mol. The van der Waals surface area contributed by atoms with Gasteiger partial charge in [-0.2, -0.15) is 0 Å². The van der Waals surface area contributed by atoms with Crippen LogP contribution in [0.4, 0.5) is 8.78 Å². The Hall–Kier alpha value is -1.82. The van der Waals surface area contributed by atoms with Crippen molar-refractivity contribution in [1.82, 2.24) is 5.43 Å². The highest BCUT2D eigenvalue weighted by molar-refractivity contribution is 7.19. The smallest absolute Gasteiger partial charge is 0.128 e. The van der Waals surface area contributed by atoms with E-state index in [1.165, 1.54) is 29.5 Å². The second-order valence-corrected chi connectivity index (χ2v) is 5.57. The Morgan fingerprint density at radius 2 is 1.85 bits per heavy atom. The van der Waals surface area contributed by atoms with Crippen LogP contribution in [0.15, 0.2) is 48.5 Å². The normalized spacial score (nSPS) is 12.8. The minimum absolute atomic E-state index is 0.287. The zero-order valence-corrected chi connectivity index (χ0v) is 11.3. The summed E-state index contributed by atoms with van der Waals surface area (Å²) in [6.07, 6.45) is 0. The van der Waals surface area contributed by atoms with Crippen molar-refractivity contribution in [2.75, 3.05) is 0 Å². The Morgan fingerprint density at radius 1 is 1.05 bits per heavy atom. The minimum Gasteiger partial charge on any atom is -0.271 e. The largest absolute Gasteiger partial charge is 0.271 e. The number of thiophene rings is 1. The van der Waals surface area contributed by atoms with Gasteiger partial charge < -0.3 is 0 Å². The van der Waals surface area contributed by atoms with Crippen LogP contribution in [0.2, 0.25) is 0 Å². The second-order valence-electron chi connectivity index (χ2n) is 4.45. The highest BCUT2D eigenvalue weighted by Crippen LogP contribution is 2.33. The first-order chi connectivity index (χ1) is 9.69. The third kappa shape index (κ3) is 2.31. The lowest BCUT2D eigenvalue weighted by Crippen LogP contribution is -2.28. The molecule has 2 nitrogen and oxygen atoms in total. The van der Waals surface area contributed by atoms with Gasteiger partial charge >= 0.3 is 0 Å². The molecule has 0 saturated heterocycles. The summed E-state index contributed by atoms with van der Waals surface area (Å²) in [6.45, 7) is 0. The van der Waals surface area contributed by atoms with Gasteiger partial charge in [-0.05, 0) is 35.7 Å². The van der Waals surface area contributed by atoms with Crippen molar-refractivity contribution in [2.45, 2.75) is 6.04 Å². The first kappa shape index (κ1) is 13.2. The predicted octanol–water partition coefficient (Wildman–Crippen LogP) is 3.73. The van der Waals surface area contributed by atoms with Crippen LogP contribution in [0.25, 0.3) is 10.1 Å². The number of hydrogen-bond acceptors (Lipinski definition) is 3. The summed E-state index contributed by atoms with van der Waals surface area (Å²) in [4.78, 5) is 0.846. The van der Waals surface area contributed by atoms with Gasteiger partial charge in [0, 0.05) is 15.1 Å². The maximum Gasteiger partial charge on any atom is 0.128 e. The molecule has 3 aromatic rings. The Labute approximate surface area is 118 Å². The Morgan fingerprint density at radius 3 is 2.60 bits per heavy atom. The zero-order valence-electron chi connectivity index (χ0n) is 10.4. The number of nitrogens with two attached hydrogens (primary N) is 1. The van der Waals surface area contributed by atoms with E-state index in [1.54, 1.807) is 24.3 Å². The van der Waals surface area contributed by atoms with Crippen molar-refractivity contribution in [3.05, 3.63) is 70.6 Å². The van der Waals surface area contributed by atoms with E-state index in [4.69, 9.17) is 5.84 Å². The van der Waals surface area contributed by atoms with Crippen molar-refractivity contribution < 1.29 is 8.78 Å². The predicted molar refractivity (Wildman–Crippen MR) is 77.3 cm³/mol. The molecule has 0 fully saturated rings. The number of nitrogens with one attached hydrogen (secondary N) is 1. The van der Waals surface area contributed by atoms with Gasteiger partial charge in [0.15, 0.2) is 0 Å². The molecule has 0 spiro atoms. The molecule has 1 atom stereocenters. The van der Waals surface area contributed by atoms with Crippen LogP contribution in [0.1, 0.15) is 16.5 Å². The topological polar surface area (TPSA) is 38.0 Å². The molecule has 0 aliphatic rings. The lowest BCUT2D eigenvalue weighted by atomic mass is 10.0. The number of fused-ring (bicyclic) bond motifs is 1. The molecule has 0 aliphatic carbocycles. The SMILES string of the molecule is NNC(c1cc2cc(F)ccc2s1)c1ccccc1F. The van der Waals surface area contributed by atoms with Gasteiger partial charge in [0.25, 0.3) is 0 Å². The van der Waals surface area contributed by atoms with Gasteiger partial charge in [-0.3, -0.25) is 5.84 Å². The van der Waals surface area contributed by atoms with Crippen LogP contribution in [-0.2, 0) is 0 Å². The standard InChI is InChI=1S/C15H12F2N2S/c16-10-5-6-13-9(7-10)8-14(20-13)15(19-18)11-3-1-2-4-12(11)17/h1-8,15,19H,18H2. The van der Waals surface area contributed by atoms with Crippen molar-refractivity contribution >= 4 is 21.4 Å². The van der Waals surface area contributed by atoms with Crippen molar-refractivity contribution in [3.8, 4) is 0 Å². The third-order valence-electron chi connectivity index (χ3n) is 3.16. The summed E-state index contributed by atoms with van der Waals surface area (Å²) in [7, 11) is 0. The van der Waals surface area contributed by atoms with E-state index in [2.05, 4.69) is 5.43 Å². The molecule has 1 aromatic heterocycles. The number of hydrogen-bond donors (Lipinski definition) is 2. The number of benzene rings is 2. The molecule has 1 heterocycles. The Balaban J connectivity index is 2.10. The fraction of sp³-hybridized carbons (Fsp3) is 0.0667. The van der Waals surface area contributed by atoms with E-state index in [9.17, 15) is 8.78 Å². The summed E-state index contributed by atoms with van der Waals surface area (Å²) in [5.41, 5.74) is 3.10. The highest BCUT2D eigenvalue weighted by Gasteiger charge is 2.18. The van der Waals surface area contributed by atoms with E-state index < -0.39 is 6.04 Å². The summed E-state index contributed by atoms with van der Waals surface area (Å²) >= 11 is 1.47. The van der Waals surface area contributed by atoms with Crippen LogP contribution in [0.5, 0.6) is 0 Å². The Kier molecular flexibility index (Phi) is 3.48. The van der Waals surface area contributed by atoms with E-state index in [1.807, 2.05) is 6.07 Å². The van der Waals surface area contributed by atoms with E-state index in [0.717, 1.165) is 15.0 Å². The molecule has 0 aliphatic heterocycles. The fourth-order valence-corrected chi connectivity index (χ4v) is 3.34. The molecule has 0 amide bonds. The van der Waals surface area contributed by atoms with Gasteiger partial charge in [-0.25, -0.2) is 14.2 Å². The molecule has 2 aromatic carbocycles. The average molecular weight is 290 g/mol. The van der Waals surface area contributed by atoms with E-state index >= 15 is 0 Å². The first-order valence-corrected chi connectivity index (χ1v) is 6.90. The van der Waals surface area contributed by atoms with E-state index in [-0.39, 0.29) is 11.6 Å². The molecular formula is C15H12F2N2S.